The van der Waals surface area contributed by atoms with Crippen molar-refractivity contribution in [3.63, 3.8) is 0 Å². The van der Waals surface area contributed by atoms with Gasteiger partial charge in [-0.3, -0.25) is 38.6 Å². The molecule has 22 nitrogen and oxygen atoms in total. The van der Waals surface area contributed by atoms with Gasteiger partial charge in [-0.1, -0.05) is 39.8 Å². The Balaban J connectivity index is 3.32. The third-order valence-corrected chi connectivity index (χ3v) is 13.2. The van der Waals surface area contributed by atoms with Gasteiger partial charge in [0.2, 0.25) is 35.4 Å². The Morgan fingerprint density at radius 3 is 1.54 bits per heavy atom. The van der Waals surface area contributed by atoms with Crippen LogP contribution in [0.2, 0.25) is 0 Å². The molecule has 1 rings (SSSR count). The standard InChI is InChI=1S/C46H61F17N10O12/c1-37(2,38(3,4)39(47,48)40(49,50)41(51,52)42(53,54)43(55,56)44(57,58)45(59,60)46(61,62)63)35(84)73-25(17-21-11-13-22(75)14-12-21)31(80)67-15-7-6-10-24(34(83)85-5)71-33(82)27(20-74)72-32(81)26(18-29(77)78)70-28(76)19-69-30(79)23(64)9-8-16-68-36(65)66/h11-14,23-27,74-75H,6-10,15-20,64H2,1-5H3,(H,67,80)(H,69,79)(H,70,76)(H,71,82)(H,72,81)(H,73,84)(H,77,78)(H4,65,66,68)/t23-,24-,25?,26-,27-/m0/s1. The van der Waals surface area contributed by atoms with Gasteiger partial charge in [0, 0.05) is 24.9 Å². The minimum absolute atomic E-state index is 0.0184. The van der Waals surface area contributed by atoms with Gasteiger partial charge in [-0.05, 0) is 49.8 Å². The number of carbonyl (C=O) groups excluding carboxylic acids is 7. The molecule has 1 aromatic rings. The minimum atomic E-state index is -8.90. The summed E-state index contributed by atoms with van der Waals surface area (Å²) in [5, 5.41) is 41.3. The predicted molar refractivity (Wildman–Crippen MR) is 257 cm³/mol. The summed E-state index contributed by atoms with van der Waals surface area (Å²) in [7, 11) is 0.853. The van der Waals surface area contributed by atoms with Gasteiger partial charge in [-0.2, -0.15) is 74.6 Å². The summed E-state index contributed by atoms with van der Waals surface area (Å²) in [5.74, 6) is -70.3. The number of aromatic hydroxyl groups is 1. The number of hydrogen-bond acceptors (Lipinski definition) is 13. The van der Waals surface area contributed by atoms with E-state index in [2.05, 4.69) is 25.7 Å². The number of rotatable bonds is 34. The molecule has 0 radical (unpaired) electrons. The molecule has 85 heavy (non-hydrogen) atoms. The van der Waals surface area contributed by atoms with E-state index in [0.717, 1.165) is 31.4 Å². The van der Waals surface area contributed by atoms with Crippen LogP contribution in [0.4, 0.5) is 74.6 Å². The number of ether oxygens (including phenoxy) is 1. The van der Waals surface area contributed by atoms with E-state index in [1.807, 2.05) is 10.6 Å². The molecule has 1 unspecified atom stereocenters. The quantitative estimate of drug-likeness (QED) is 0.0155. The zero-order chi connectivity index (χ0) is 66.5. The first-order chi connectivity index (χ1) is 38.4. The number of aliphatic hydroxyl groups excluding tert-OH is 1. The molecule has 6 amide bonds. The number of aliphatic hydroxyl groups is 1. The number of nitrogens with zero attached hydrogens (tertiary/aromatic N) is 1. The molecule has 0 saturated heterocycles. The van der Waals surface area contributed by atoms with Crippen molar-refractivity contribution in [1.29, 1.82) is 0 Å². The average Bonchev–Trinajstić information content (AvgIpc) is 0.772. The fourth-order valence-corrected chi connectivity index (χ4v) is 7.16. The summed E-state index contributed by atoms with van der Waals surface area (Å²) >= 11 is 0. The lowest BCUT2D eigenvalue weighted by Gasteiger charge is -2.50. The number of amides is 6. The monoisotopic (exact) mass is 1270 g/mol. The number of carboxylic acid groups (broad SMARTS) is 1. The van der Waals surface area contributed by atoms with Crippen LogP contribution in [0, 0.1) is 10.8 Å². The summed E-state index contributed by atoms with van der Waals surface area (Å²) in [6.45, 7) is -2.60. The normalized spacial score (nSPS) is 15.0. The smallest absolute Gasteiger partial charge is 0.460 e. The number of phenols is 1. The lowest BCUT2D eigenvalue weighted by atomic mass is 9.61. The van der Waals surface area contributed by atoms with Crippen LogP contribution in [0.15, 0.2) is 29.3 Å². The van der Waals surface area contributed by atoms with Crippen molar-refractivity contribution in [3.8, 4) is 5.75 Å². The van der Waals surface area contributed by atoms with Crippen LogP contribution in [0.3, 0.4) is 0 Å². The molecule has 0 aromatic heterocycles. The van der Waals surface area contributed by atoms with Crippen LogP contribution in [0.5, 0.6) is 5.75 Å². The first kappa shape index (κ1) is 75.8. The van der Waals surface area contributed by atoms with Crippen LogP contribution < -0.4 is 49.1 Å². The fourth-order valence-electron chi connectivity index (χ4n) is 7.16. The van der Waals surface area contributed by atoms with E-state index in [-0.39, 0.29) is 71.4 Å². The van der Waals surface area contributed by atoms with E-state index in [4.69, 9.17) is 17.2 Å². The third-order valence-electron chi connectivity index (χ3n) is 13.2. The fraction of sp³-hybridized carbons (Fsp3) is 0.674. The second-order valence-corrected chi connectivity index (χ2v) is 19.8. The van der Waals surface area contributed by atoms with Gasteiger partial charge in [-0.15, -0.1) is 0 Å². The van der Waals surface area contributed by atoms with Crippen molar-refractivity contribution in [1.82, 2.24) is 31.9 Å². The summed E-state index contributed by atoms with van der Waals surface area (Å²) < 4.78 is 247. The molecule has 0 saturated carbocycles. The number of methoxy groups -OCH3 is 1. The summed E-state index contributed by atoms with van der Waals surface area (Å²) in [4.78, 5) is 106. The first-order valence-electron chi connectivity index (χ1n) is 24.4. The number of aliphatic imine (C=N–C) groups is 1. The largest absolute Gasteiger partial charge is 0.508 e. The van der Waals surface area contributed by atoms with Crippen LogP contribution in [-0.2, 0) is 49.5 Å². The molecular formula is C46H61F17N10O12. The maximum absolute atomic E-state index is 15.9. The number of nitrogens with two attached hydrogens (primary N) is 3. The number of phenolic OH excluding ortho intramolecular Hbond substituents is 1. The van der Waals surface area contributed by atoms with Crippen LogP contribution >= 0.6 is 0 Å². The molecule has 0 aliphatic heterocycles. The van der Waals surface area contributed by atoms with Crippen LogP contribution in [-0.4, -0.2) is 180 Å². The molecular weight excluding hydrogens is 1210 g/mol. The number of benzene rings is 1. The van der Waals surface area contributed by atoms with E-state index in [9.17, 15) is 111 Å². The van der Waals surface area contributed by atoms with Gasteiger partial charge in [0.15, 0.2) is 5.96 Å². The topological polar surface area (TPSA) is 369 Å². The van der Waals surface area contributed by atoms with Gasteiger partial charge < -0.3 is 69.2 Å². The SMILES string of the molecule is COC(=O)[C@H](CCCCNC(=O)C(Cc1ccc(O)cc1)NC(=O)C(C)(C)C(C)(C)C(F)(F)C(F)(F)C(F)(F)C(F)(F)C(F)(F)C(F)(F)C(F)(F)C(F)(F)F)NC(=O)[C@H](CO)NC(=O)[C@H](CC(=O)O)NC(=O)CNC(=O)[C@@H](N)CCCN=C(N)N. The predicted octanol–water partition coefficient (Wildman–Crippen LogP) is 2.36. The van der Waals surface area contributed by atoms with E-state index in [1.165, 1.54) is 0 Å². The highest BCUT2D eigenvalue weighted by molar-refractivity contribution is 5.96. The molecule has 0 aliphatic carbocycles. The average molecular weight is 1270 g/mol. The molecule has 15 N–H and O–H groups in total. The number of esters is 1. The Labute approximate surface area is 470 Å². The maximum atomic E-state index is 15.9. The Bertz CT molecular complexity index is 2560. The highest BCUT2D eigenvalue weighted by Gasteiger charge is 2.96. The number of aliphatic carboxylic acids is 1. The second kappa shape index (κ2) is 28.8. The van der Waals surface area contributed by atoms with Crippen molar-refractivity contribution < 1.29 is 133 Å². The van der Waals surface area contributed by atoms with Crippen LogP contribution in [0.25, 0.3) is 0 Å². The number of carboxylic acids is 1. The Kier molecular flexibility index (Phi) is 25.7. The minimum Gasteiger partial charge on any atom is -0.508 e. The van der Waals surface area contributed by atoms with Crippen molar-refractivity contribution in [2.45, 2.75) is 150 Å². The lowest BCUT2D eigenvalue weighted by molar-refractivity contribution is -0.466. The zero-order valence-corrected chi connectivity index (χ0v) is 45.1. The molecule has 486 valence electrons. The number of nitrogens with one attached hydrogen (secondary N) is 6. The lowest BCUT2D eigenvalue weighted by Crippen LogP contribution is -2.76. The number of hydrogen-bond donors (Lipinski definition) is 12. The van der Waals surface area contributed by atoms with Crippen molar-refractivity contribution in [3.05, 3.63) is 29.8 Å². The number of unbranched alkanes of at least 4 members (excludes halogenated alkanes) is 1. The summed E-state index contributed by atoms with van der Waals surface area (Å²) in [6, 6.07) is -4.64. The van der Waals surface area contributed by atoms with Crippen LogP contribution in [0.1, 0.15) is 71.8 Å². The van der Waals surface area contributed by atoms with Gasteiger partial charge in [0.05, 0.1) is 38.1 Å². The number of guanidine groups is 1. The Hall–Kier alpha value is -7.22. The van der Waals surface area contributed by atoms with Gasteiger partial charge >= 0.3 is 59.6 Å². The second-order valence-electron chi connectivity index (χ2n) is 19.8. The number of halogens is 17. The van der Waals surface area contributed by atoms with E-state index in [0.29, 0.717) is 0 Å². The molecule has 1 aromatic carbocycles. The molecule has 0 fully saturated rings. The molecule has 0 spiro atoms. The Morgan fingerprint density at radius 1 is 0.588 bits per heavy atom. The molecule has 0 heterocycles. The Morgan fingerprint density at radius 2 is 1.07 bits per heavy atom. The molecule has 5 atom stereocenters. The third kappa shape index (κ3) is 17.2. The van der Waals surface area contributed by atoms with Crippen molar-refractivity contribution in [2.75, 3.05) is 33.4 Å². The van der Waals surface area contributed by atoms with E-state index >= 15 is 17.6 Å². The van der Waals surface area contributed by atoms with Gasteiger partial charge in [0.1, 0.15) is 29.9 Å². The van der Waals surface area contributed by atoms with E-state index < -0.39 is 181 Å². The van der Waals surface area contributed by atoms with E-state index in [1.54, 1.807) is 5.32 Å². The summed E-state index contributed by atoms with van der Waals surface area (Å²) in [6.07, 6.45) is -10.4. The number of alkyl halides is 17. The van der Waals surface area contributed by atoms with Crippen molar-refractivity contribution in [2.24, 2.45) is 33.0 Å². The van der Waals surface area contributed by atoms with Crippen molar-refractivity contribution >= 4 is 53.3 Å². The molecule has 0 aliphatic rings. The maximum Gasteiger partial charge on any atom is 0.460 e. The van der Waals surface area contributed by atoms with Gasteiger partial charge in [0.25, 0.3) is 0 Å². The summed E-state index contributed by atoms with van der Waals surface area (Å²) in [5.41, 5.74) is 8.31. The zero-order valence-electron chi connectivity index (χ0n) is 45.1. The highest BCUT2D eigenvalue weighted by atomic mass is 19.4. The first-order valence-corrected chi connectivity index (χ1v) is 24.4. The van der Waals surface area contributed by atoms with Gasteiger partial charge in [-0.25, -0.2) is 4.79 Å². The molecule has 0 bridgehead atoms. The molecule has 39 heteroatoms. The number of carbonyl (C=O) groups is 8. The highest BCUT2D eigenvalue weighted by Crippen LogP contribution is 2.67.